The van der Waals surface area contributed by atoms with Gasteiger partial charge >= 0.3 is 0 Å². The predicted octanol–water partition coefficient (Wildman–Crippen LogP) is 4.95. The van der Waals surface area contributed by atoms with Crippen molar-refractivity contribution in [1.82, 2.24) is 14.1 Å². The molecule has 0 radical (unpaired) electrons. The summed E-state index contributed by atoms with van der Waals surface area (Å²) in [4.78, 5) is 18.6. The van der Waals surface area contributed by atoms with Crippen LogP contribution in [0, 0.1) is 0 Å². The molecule has 2 heterocycles. The third-order valence-electron chi connectivity index (χ3n) is 6.70. The number of aryl methyl sites for hydroxylation is 1. The first kappa shape index (κ1) is 25.6. The maximum atomic E-state index is 13.6. The van der Waals surface area contributed by atoms with Gasteiger partial charge in [0, 0.05) is 24.7 Å². The summed E-state index contributed by atoms with van der Waals surface area (Å²) < 4.78 is 27.9. The molecule has 2 N–H and O–H groups in total. The first-order valence-corrected chi connectivity index (χ1v) is 14.2. The Balaban J connectivity index is 1.53. The minimum Gasteiger partial charge on any atom is -0.319 e. The van der Waals surface area contributed by atoms with Crippen LogP contribution in [0.3, 0.4) is 0 Å². The lowest BCUT2D eigenvalue weighted by Gasteiger charge is -2.12. The highest BCUT2D eigenvalue weighted by Crippen LogP contribution is 2.27. The van der Waals surface area contributed by atoms with Crippen molar-refractivity contribution in [3.63, 3.8) is 0 Å². The van der Waals surface area contributed by atoms with Gasteiger partial charge in [-0.15, -0.1) is 0 Å². The van der Waals surface area contributed by atoms with Crippen LogP contribution >= 0.6 is 0 Å². The van der Waals surface area contributed by atoms with Gasteiger partial charge in [-0.2, -0.15) is 0 Å². The van der Waals surface area contributed by atoms with Crippen molar-refractivity contribution in [3.05, 3.63) is 118 Å². The fourth-order valence-electron chi connectivity index (χ4n) is 4.75. The summed E-state index contributed by atoms with van der Waals surface area (Å²) in [5.74, 6) is 0.889. The number of fused-ring (bicyclic) bond motifs is 1. The maximum Gasteiger partial charge on any atom is 0.277 e. The molecule has 7 nitrogen and oxygen atoms in total. The van der Waals surface area contributed by atoms with E-state index in [0.717, 1.165) is 41.8 Å². The quantitative estimate of drug-likeness (QED) is 0.294. The van der Waals surface area contributed by atoms with Crippen LogP contribution in [-0.4, -0.2) is 22.5 Å². The van der Waals surface area contributed by atoms with Gasteiger partial charge < -0.3 is 9.13 Å². The van der Waals surface area contributed by atoms with Gasteiger partial charge in [-0.1, -0.05) is 86.1 Å². The van der Waals surface area contributed by atoms with E-state index in [2.05, 4.69) is 6.92 Å². The molecule has 5 rings (SSSR count). The third kappa shape index (κ3) is 5.32. The maximum absolute atomic E-state index is 13.6. The zero-order valence-corrected chi connectivity index (χ0v) is 22.1. The molecule has 0 spiro atoms. The minimum atomic E-state index is -3.85. The van der Waals surface area contributed by atoms with Crippen LogP contribution in [0.25, 0.3) is 22.2 Å². The molecule has 0 atom stereocenters. The molecule has 0 saturated carbocycles. The van der Waals surface area contributed by atoms with Gasteiger partial charge in [-0.25, -0.2) is 18.5 Å². The monoisotopic (exact) mass is 526 g/mol. The Bertz CT molecular complexity index is 1740. The molecule has 0 aliphatic rings. The van der Waals surface area contributed by atoms with E-state index in [9.17, 15) is 13.2 Å². The molecule has 0 saturated heterocycles. The van der Waals surface area contributed by atoms with Gasteiger partial charge in [0.1, 0.15) is 11.3 Å². The lowest BCUT2D eigenvalue weighted by Crippen LogP contribution is -2.22. The number of pyridine rings is 1. The van der Waals surface area contributed by atoms with Crippen LogP contribution in [0.15, 0.2) is 101 Å². The second kappa shape index (κ2) is 10.8. The number of sulfonamides is 1. The summed E-state index contributed by atoms with van der Waals surface area (Å²) in [6.07, 6.45) is 4.60. The number of aromatic nitrogens is 3. The van der Waals surface area contributed by atoms with Gasteiger partial charge in [0.15, 0.2) is 0 Å². The molecule has 0 unspecified atom stereocenters. The van der Waals surface area contributed by atoms with Crippen molar-refractivity contribution in [2.24, 2.45) is 5.14 Å². The van der Waals surface area contributed by atoms with Crippen LogP contribution < -0.4 is 10.7 Å². The van der Waals surface area contributed by atoms with E-state index in [0.29, 0.717) is 29.7 Å². The number of benzene rings is 3. The fraction of sp³-hybridized carbons (Fsp3) is 0.200. The molecule has 3 aromatic carbocycles. The number of unbranched alkanes of at least 4 members (excludes halogenated alkanes) is 1. The topological polar surface area (TPSA) is 100.0 Å². The van der Waals surface area contributed by atoms with E-state index in [-0.39, 0.29) is 10.5 Å². The van der Waals surface area contributed by atoms with Crippen molar-refractivity contribution in [3.8, 4) is 11.1 Å². The van der Waals surface area contributed by atoms with Crippen LogP contribution in [0.4, 0.5) is 0 Å². The first-order valence-electron chi connectivity index (χ1n) is 12.7. The van der Waals surface area contributed by atoms with Crippen LogP contribution in [0.2, 0.25) is 0 Å². The molecular formula is C30H30N4O3S. The highest BCUT2D eigenvalue weighted by molar-refractivity contribution is 7.89. The van der Waals surface area contributed by atoms with Gasteiger partial charge in [-0.05, 0) is 35.2 Å². The van der Waals surface area contributed by atoms with Gasteiger partial charge in [0.2, 0.25) is 10.0 Å². The second-order valence-electron chi connectivity index (χ2n) is 9.42. The average Bonchev–Trinajstić information content (AvgIpc) is 3.27. The number of hydrogen-bond donors (Lipinski definition) is 1. The molecule has 0 aliphatic carbocycles. The second-order valence-corrected chi connectivity index (χ2v) is 11.0. The van der Waals surface area contributed by atoms with Crippen molar-refractivity contribution in [2.75, 3.05) is 0 Å². The zero-order chi connectivity index (χ0) is 26.7. The Morgan fingerprint density at radius 2 is 1.53 bits per heavy atom. The molecule has 194 valence electrons. The van der Waals surface area contributed by atoms with E-state index in [4.69, 9.17) is 10.1 Å². The molecule has 8 heteroatoms. The molecular weight excluding hydrogens is 496 g/mol. The highest BCUT2D eigenvalue weighted by atomic mass is 32.2. The lowest BCUT2D eigenvalue weighted by atomic mass is 10.0. The zero-order valence-electron chi connectivity index (χ0n) is 21.2. The van der Waals surface area contributed by atoms with Gasteiger partial charge in [0.25, 0.3) is 5.56 Å². The number of primary sulfonamides is 1. The standard InChI is InChI=1S/C30H30N4O3S/c1-2-3-13-28-32-26-18-19-33(20-22-9-5-4-6-10-22)30(35)29(26)34(28)21-23-14-16-24(17-15-23)25-11-7-8-12-27(25)38(31,36)37/h4-12,14-19H,2-3,13,20-21H2,1H3,(H2,31,36,37). The summed E-state index contributed by atoms with van der Waals surface area (Å²) in [5, 5.41) is 5.43. The van der Waals surface area contributed by atoms with E-state index in [1.54, 1.807) is 22.8 Å². The molecule has 0 amide bonds. The number of imidazole rings is 1. The smallest absolute Gasteiger partial charge is 0.277 e. The molecule has 0 fully saturated rings. The number of nitrogens with zero attached hydrogens (tertiary/aromatic N) is 3. The summed E-state index contributed by atoms with van der Waals surface area (Å²) in [5.41, 5.74) is 4.58. The minimum absolute atomic E-state index is 0.0692. The van der Waals surface area contributed by atoms with Crippen LogP contribution in [-0.2, 0) is 29.5 Å². The van der Waals surface area contributed by atoms with E-state index >= 15 is 0 Å². The van der Waals surface area contributed by atoms with Crippen molar-refractivity contribution >= 4 is 21.1 Å². The van der Waals surface area contributed by atoms with Crippen LogP contribution in [0.5, 0.6) is 0 Å². The fourth-order valence-corrected chi connectivity index (χ4v) is 5.51. The number of hydrogen-bond acceptors (Lipinski definition) is 4. The van der Waals surface area contributed by atoms with E-state index in [1.165, 1.54) is 6.07 Å². The molecule has 5 aromatic rings. The van der Waals surface area contributed by atoms with Gasteiger partial charge in [-0.3, -0.25) is 4.79 Å². The van der Waals surface area contributed by atoms with Crippen LogP contribution in [0.1, 0.15) is 36.7 Å². The third-order valence-corrected chi connectivity index (χ3v) is 7.67. The summed E-state index contributed by atoms with van der Waals surface area (Å²) in [6, 6.07) is 26.2. The molecule has 2 aromatic heterocycles. The SMILES string of the molecule is CCCCc1nc2ccn(Cc3ccccc3)c(=O)c2n1Cc1ccc(-c2ccccc2S(N)(=O)=O)cc1. The van der Waals surface area contributed by atoms with Crippen molar-refractivity contribution in [1.29, 1.82) is 0 Å². The van der Waals surface area contributed by atoms with Crippen molar-refractivity contribution < 1.29 is 8.42 Å². The summed E-state index contributed by atoms with van der Waals surface area (Å²) >= 11 is 0. The average molecular weight is 527 g/mol. The lowest BCUT2D eigenvalue weighted by molar-refractivity contribution is 0.598. The van der Waals surface area contributed by atoms with Gasteiger partial charge in [0.05, 0.1) is 17.0 Å². The summed E-state index contributed by atoms with van der Waals surface area (Å²) in [6.45, 7) is 3.11. The summed E-state index contributed by atoms with van der Waals surface area (Å²) in [7, 11) is -3.85. The van der Waals surface area contributed by atoms with E-state index < -0.39 is 10.0 Å². The number of rotatable bonds is 9. The molecule has 38 heavy (non-hydrogen) atoms. The Morgan fingerprint density at radius 1 is 0.842 bits per heavy atom. The Kier molecular flexibility index (Phi) is 7.26. The highest BCUT2D eigenvalue weighted by Gasteiger charge is 2.17. The first-order chi connectivity index (χ1) is 18.3. The largest absolute Gasteiger partial charge is 0.319 e. The Hall–Kier alpha value is -4.01. The number of nitrogens with two attached hydrogens (primary N) is 1. The predicted molar refractivity (Wildman–Crippen MR) is 151 cm³/mol. The Morgan fingerprint density at radius 3 is 2.24 bits per heavy atom. The van der Waals surface area contributed by atoms with E-state index in [1.807, 2.05) is 71.4 Å². The normalized spacial score (nSPS) is 11.7. The molecule has 0 bridgehead atoms. The Labute approximate surface area is 222 Å². The van der Waals surface area contributed by atoms with Crippen molar-refractivity contribution in [2.45, 2.75) is 44.2 Å². The molecule has 0 aliphatic heterocycles.